The Kier molecular flexibility index (Phi) is 4.31. The summed E-state index contributed by atoms with van der Waals surface area (Å²) in [6.07, 6.45) is 1.89. The maximum Gasteiger partial charge on any atom is 0.192 e. The van der Waals surface area contributed by atoms with E-state index in [0.717, 1.165) is 22.1 Å². The lowest BCUT2D eigenvalue weighted by molar-refractivity contribution is 0.729. The van der Waals surface area contributed by atoms with E-state index in [1.165, 1.54) is 16.6 Å². The van der Waals surface area contributed by atoms with Crippen LogP contribution in [0.4, 0.5) is 0 Å². The number of benzene rings is 1. The van der Waals surface area contributed by atoms with Gasteiger partial charge in [-0.15, -0.1) is 16.8 Å². The molecule has 0 atom stereocenters. The van der Waals surface area contributed by atoms with Crippen molar-refractivity contribution in [1.29, 1.82) is 0 Å². The SMILES string of the molecule is C=CCn1c(SC(C)C)nnc1-c1ccc2[nH]c(C)c(C)c2c1. The molecule has 3 aromatic rings. The molecular formula is C18H22N4S. The molecule has 2 heterocycles. The van der Waals surface area contributed by atoms with Crippen molar-refractivity contribution in [1.82, 2.24) is 19.7 Å². The van der Waals surface area contributed by atoms with Crippen LogP contribution in [0.2, 0.25) is 0 Å². The lowest BCUT2D eigenvalue weighted by atomic mass is 10.1. The maximum atomic E-state index is 4.44. The van der Waals surface area contributed by atoms with E-state index in [1.807, 2.05) is 6.08 Å². The molecule has 0 amide bonds. The number of aromatic nitrogens is 4. The minimum atomic E-state index is 0.465. The summed E-state index contributed by atoms with van der Waals surface area (Å²) in [6.45, 7) is 13.1. The molecule has 1 aromatic carbocycles. The summed E-state index contributed by atoms with van der Waals surface area (Å²) in [4.78, 5) is 3.41. The molecule has 2 aromatic heterocycles. The molecule has 0 fully saturated rings. The van der Waals surface area contributed by atoms with Crippen LogP contribution in [0.3, 0.4) is 0 Å². The zero-order valence-electron chi connectivity index (χ0n) is 14.1. The van der Waals surface area contributed by atoms with E-state index in [1.54, 1.807) is 11.8 Å². The molecule has 1 N–H and O–H groups in total. The largest absolute Gasteiger partial charge is 0.358 e. The average Bonchev–Trinajstić information content (AvgIpc) is 3.01. The first-order valence-electron chi connectivity index (χ1n) is 7.81. The first-order chi connectivity index (χ1) is 11.0. The van der Waals surface area contributed by atoms with Gasteiger partial charge < -0.3 is 4.98 Å². The Bertz CT molecular complexity index is 857. The van der Waals surface area contributed by atoms with Crippen LogP contribution < -0.4 is 0 Å². The summed E-state index contributed by atoms with van der Waals surface area (Å²) in [5.41, 5.74) is 4.74. The Hall–Kier alpha value is -2.01. The summed E-state index contributed by atoms with van der Waals surface area (Å²) in [5.74, 6) is 0.896. The van der Waals surface area contributed by atoms with E-state index in [4.69, 9.17) is 0 Å². The van der Waals surface area contributed by atoms with Gasteiger partial charge in [-0.1, -0.05) is 31.7 Å². The van der Waals surface area contributed by atoms with Gasteiger partial charge in [-0.3, -0.25) is 4.57 Å². The second kappa shape index (κ2) is 6.24. The lowest BCUT2D eigenvalue weighted by Gasteiger charge is -2.09. The van der Waals surface area contributed by atoms with Crippen molar-refractivity contribution in [3.8, 4) is 11.4 Å². The minimum absolute atomic E-state index is 0.465. The number of nitrogens with zero attached hydrogens (tertiary/aromatic N) is 3. The van der Waals surface area contributed by atoms with Gasteiger partial charge in [0.2, 0.25) is 0 Å². The summed E-state index contributed by atoms with van der Waals surface area (Å²) >= 11 is 1.73. The van der Waals surface area contributed by atoms with Crippen molar-refractivity contribution in [2.75, 3.05) is 0 Å². The predicted molar refractivity (Wildman–Crippen MR) is 98.0 cm³/mol. The van der Waals surface area contributed by atoms with E-state index in [9.17, 15) is 0 Å². The van der Waals surface area contributed by atoms with Crippen LogP contribution in [0, 0.1) is 13.8 Å². The number of hydrogen-bond acceptors (Lipinski definition) is 3. The third-order valence-corrected chi connectivity index (χ3v) is 4.92. The molecule has 0 aliphatic carbocycles. The molecule has 0 saturated heterocycles. The molecule has 0 unspecified atom stereocenters. The predicted octanol–water partition coefficient (Wildman–Crippen LogP) is 4.73. The highest BCUT2D eigenvalue weighted by Gasteiger charge is 2.15. The summed E-state index contributed by atoms with van der Waals surface area (Å²) < 4.78 is 2.13. The average molecular weight is 326 g/mol. The van der Waals surface area contributed by atoms with E-state index < -0.39 is 0 Å². The number of fused-ring (bicyclic) bond motifs is 1. The highest BCUT2D eigenvalue weighted by molar-refractivity contribution is 7.99. The van der Waals surface area contributed by atoms with Crippen LogP contribution >= 0.6 is 11.8 Å². The highest BCUT2D eigenvalue weighted by Crippen LogP contribution is 2.30. The zero-order chi connectivity index (χ0) is 16.6. The number of H-pyrrole nitrogens is 1. The lowest BCUT2D eigenvalue weighted by Crippen LogP contribution is -2.02. The monoisotopic (exact) mass is 326 g/mol. The van der Waals surface area contributed by atoms with Gasteiger partial charge in [0, 0.05) is 34.0 Å². The Morgan fingerprint density at radius 3 is 2.78 bits per heavy atom. The van der Waals surface area contributed by atoms with Crippen molar-refractivity contribution in [3.63, 3.8) is 0 Å². The number of thioether (sulfide) groups is 1. The minimum Gasteiger partial charge on any atom is -0.358 e. The molecule has 23 heavy (non-hydrogen) atoms. The molecule has 0 bridgehead atoms. The van der Waals surface area contributed by atoms with E-state index in [-0.39, 0.29) is 0 Å². The van der Waals surface area contributed by atoms with Crippen LogP contribution in [0.1, 0.15) is 25.1 Å². The number of rotatable bonds is 5. The molecule has 0 saturated carbocycles. The van der Waals surface area contributed by atoms with Gasteiger partial charge in [0.15, 0.2) is 11.0 Å². The van der Waals surface area contributed by atoms with E-state index >= 15 is 0 Å². The molecule has 0 aliphatic rings. The zero-order valence-corrected chi connectivity index (χ0v) is 14.9. The van der Waals surface area contributed by atoms with Gasteiger partial charge in [0.25, 0.3) is 0 Å². The standard InChI is InChI=1S/C18H22N4S/c1-6-9-22-17(20-21-18(22)23-11(2)3)14-7-8-16-15(10-14)12(4)13(5)19-16/h6-8,10-11,19H,1,9H2,2-5H3. The van der Waals surface area contributed by atoms with E-state index in [0.29, 0.717) is 11.8 Å². The molecular weight excluding hydrogens is 304 g/mol. The fourth-order valence-corrected chi connectivity index (χ4v) is 3.49. The fraction of sp³-hybridized carbons (Fsp3) is 0.333. The number of allylic oxidation sites excluding steroid dienone is 1. The van der Waals surface area contributed by atoms with Crippen LogP contribution in [0.5, 0.6) is 0 Å². The van der Waals surface area contributed by atoms with Gasteiger partial charge in [0.1, 0.15) is 0 Å². The van der Waals surface area contributed by atoms with Crippen LogP contribution in [-0.4, -0.2) is 25.0 Å². The maximum absolute atomic E-state index is 4.44. The van der Waals surface area contributed by atoms with Gasteiger partial charge >= 0.3 is 0 Å². The first kappa shape index (κ1) is 15.9. The Balaban J connectivity index is 2.12. The number of aromatic amines is 1. The third-order valence-electron chi connectivity index (χ3n) is 3.94. The van der Waals surface area contributed by atoms with Crippen LogP contribution in [0.25, 0.3) is 22.3 Å². The van der Waals surface area contributed by atoms with Crippen molar-refractivity contribution < 1.29 is 0 Å². The van der Waals surface area contributed by atoms with Crippen LogP contribution in [0.15, 0.2) is 36.0 Å². The summed E-state index contributed by atoms with van der Waals surface area (Å²) in [5, 5.41) is 11.5. The van der Waals surface area contributed by atoms with Gasteiger partial charge in [-0.2, -0.15) is 0 Å². The summed E-state index contributed by atoms with van der Waals surface area (Å²) in [6, 6.07) is 6.42. The molecule has 120 valence electrons. The Morgan fingerprint density at radius 1 is 1.30 bits per heavy atom. The Labute approximate surface area is 141 Å². The number of hydrogen-bond donors (Lipinski definition) is 1. The topological polar surface area (TPSA) is 46.5 Å². The first-order valence-corrected chi connectivity index (χ1v) is 8.69. The van der Waals surface area contributed by atoms with Crippen molar-refractivity contribution in [2.45, 2.75) is 44.6 Å². The summed E-state index contributed by atoms with van der Waals surface area (Å²) in [7, 11) is 0. The Morgan fingerprint density at radius 2 is 2.09 bits per heavy atom. The second-order valence-electron chi connectivity index (χ2n) is 6.01. The van der Waals surface area contributed by atoms with Gasteiger partial charge in [0.05, 0.1) is 0 Å². The molecule has 3 rings (SSSR count). The third kappa shape index (κ3) is 2.93. The van der Waals surface area contributed by atoms with Crippen LogP contribution in [-0.2, 0) is 6.54 Å². The van der Waals surface area contributed by atoms with E-state index in [2.05, 4.69) is 72.2 Å². The molecule has 4 nitrogen and oxygen atoms in total. The number of nitrogens with one attached hydrogen (secondary N) is 1. The normalized spacial score (nSPS) is 11.5. The number of aryl methyl sites for hydroxylation is 2. The van der Waals surface area contributed by atoms with Crippen molar-refractivity contribution in [3.05, 3.63) is 42.1 Å². The smallest absolute Gasteiger partial charge is 0.192 e. The molecule has 0 spiro atoms. The quantitative estimate of drug-likeness (QED) is 0.544. The van der Waals surface area contributed by atoms with Gasteiger partial charge in [-0.05, 0) is 37.6 Å². The fourth-order valence-electron chi connectivity index (χ4n) is 2.69. The highest BCUT2D eigenvalue weighted by atomic mass is 32.2. The molecule has 0 radical (unpaired) electrons. The van der Waals surface area contributed by atoms with Crippen molar-refractivity contribution >= 4 is 22.7 Å². The van der Waals surface area contributed by atoms with Crippen molar-refractivity contribution in [2.24, 2.45) is 0 Å². The molecule has 0 aliphatic heterocycles. The molecule has 5 heteroatoms. The second-order valence-corrected chi connectivity index (χ2v) is 7.55. The van der Waals surface area contributed by atoms with Gasteiger partial charge in [-0.25, -0.2) is 0 Å².